The average Bonchev–Trinajstić information content (AvgIpc) is 3.02. The summed E-state index contributed by atoms with van der Waals surface area (Å²) in [6, 6.07) is 10.5. The number of rotatable bonds is 2. The Morgan fingerprint density at radius 3 is 2.79 bits per heavy atom. The Bertz CT molecular complexity index is 429. The number of carbonyl (C=O) groups excluding carboxylic acids is 1. The molecule has 19 heavy (non-hydrogen) atoms. The van der Waals surface area contributed by atoms with Crippen molar-refractivity contribution in [3.63, 3.8) is 0 Å². The molecule has 0 saturated carbocycles. The maximum atomic E-state index is 12.5. The molecule has 1 amide bonds. The van der Waals surface area contributed by atoms with Gasteiger partial charge in [0.25, 0.3) is 5.91 Å². The molecule has 0 spiro atoms. The van der Waals surface area contributed by atoms with Gasteiger partial charge in [-0.05, 0) is 31.2 Å². The molecular weight excluding hydrogens is 240 g/mol. The Kier molecular flexibility index (Phi) is 3.80. The van der Waals surface area contributed by atoms with Crippen LogP contribution in [-0.4, -0.2) is 30.0 Å². The van der Waals surface area contributed by atoms with Gasteiger partial charge in [-0.3, -0.25) is 9.63 Å². The van der Waals surface area contributed by atoms with Crippen molar-refractivity contribution >= 4 is 5.91 Å². The molecule has 0 radical (unpaired) electrons. The molecule has 0 bridgehead atoms. The first-order valence-corrected chi connectivity index (χ1v) is 7.10. The second-order valence-electron chi connectivity index (χ2n) is 5.24. The molecule has 1 aromatic carbocycles. The van der Waals surface area contributed by atoms with Crippen molar-refractivity contribution in [3.8, 4) is 0 Å². The number of benzene rings is 1. The van der Waals surface area contributed by atoms with Crippen LogP contribution in [0, 0.1) is 0 Å². The monoisotopic (exact) mass is 260 g/mol. The highest BCUT2D eigenvalue weighted by atomic mass is 16.7. The van der Waals surface area contributed by atoms with Gasteiger partial charge >= 0.3 is 0 Å². The smallest absolute Gasteiger partial charge is 0.254 e. The van der Waals surface area contributed by atoms with Crippen molar-refractivity contribution in [2.45, 2.75) is 37.8 Å². The highest BCUT2D eigenvalue weighted by Gasteiger charge is 2.34. The van der Waals surface area contributed by atoms with Crippen molar-refractivity contribution < 1.29 is 9.63 Å². The van der Waals surface area contributed by atoms with E-state index in [9.17, 15) is 4.79 Å². The molecule has 1 N–H and O–H groups in total. The lowest BCUT2D eigenvalue weighted by molar-refractivity contribution is -0.147. The second kappa shape index (κ2) is 5.72. The molecule has 3 rings (SSSR count). The van der Waals surface area contributed by atoms with Crippen LogP contribution in [0.3, 0.4) is 0 Å². The van der Waals surface area contributed by atoms with Crippen LogP contribution in [0.1, 0.15) is 37.3 Å². The lowest BCUT2D eigenvalue weighted by Crippen LogP contribution is -2.44. The summed E-state index contributed by atoms with van der Waals surface area (Å²) in [6.45, 7) is 1.61. The number of nitrogens with zero attached hydrogens (tertiary/aromatic N) is 1. The fourth-order valence-electron chi connectivity index (χ4n) is 2.98. The van der Waals surface area contributed by atoms with Crippen LogP contribution in [0.5, 0.6) is 0 Å². The molecule has 0 aromatic heterocycles. The molecule has 2 saturated heterocycles. The van der Waals surface area contributed by atoms with Crippen LogP contribution in [0.25, 0.3) is 0 Å². The molecular formula is C15H20N2O2. The number of hydrogen-bond donors (Lipinski definition) is 1. The van der Waals surface area contributed by atoms with Gasteiger partial charge in [-0.2, -0.15) is 0 Å². The van der Waals surface area contributed by atoms with E-state index in [2.05, 4.69) is 17.6 Å². The Balaban J connectivity index is 1.79. The van der Waals surface area contributed by atoms with E-state index in [4.69, 9.17) is 4.84 Å². The predicted octanol–water partition coefficient (Wildman–Crippen LogP) is 2.03. The Morgan fingerprint density at radius 1 is 1.21 bits per heavy atom. The Hall–Kier alpha value is -1.39. The van der Waals surface area contributed by atoms with Gasteiger partial charge in [0, 0.05) is 13.1 Å². The molecule has 2 aliphatic rings. The van der Waals surface area contributed by atoms with Crippen LogP contribution in [-0.2, 0) is 9.63 Å². The number of likely N-dealkylation sites (tertiary alicyclic amines) is 1. The van der Waals surface area contributed by atoms with Crippen molar-refractivity contribution in [2.24, 2.45) is 0 Å². The molecule has 4 nitrogen and oxygen atoms in total. The highest BCUT2D eigenvalue weighted by molar-refractivity contribution is 5.81. The number of hydroxylamine groups is 1. The lowest BCUT2D eigenvalue weighted by Gasteiger charge is -2.37. The summed E-state index contributed by atoms with van der Waals surface area (Å²) in [5.41, 5.74) is 4.04. The minimum absolute atomic E-state index is 0.138. The number of carbonyl (C=O) groups is 1. The van der Waals surface area contributed by atoms with Gasteiger partial charge in [0.2, 0.25) is 0 Å². The summed E-state index contributed by atoms with van der Waals surface area (Å²) >= 11 is 0. The third-order valence-electron chi connectivity index (χ3n) is 3.98. The summed E-state index contributed by atoms with van der Waals surface area (Å²) in [5.74, 6) is 0.138. The van der Waals surface area contributed by atoms with Gasteiger partial charge < -0.3 is 4.90 Å². The zero-order chi connectivity index (χ0) is 13.1. The van der Waals surface area contributed by atoms with E-state index in [1.54, 1.807) is 0 Å². The van der Waals surface area contributed by atoms with E-state index in [-0.39, 0.29) is 18.1 Å². The Morgan fingerprint density at radius 2 is 2.05 bits per heavy atom. The third kappa shape index (κ3) is 2.65. The average molecular weight is 260 g/mol. The van der Waals surface area contributed by atoms with E-state index < -0.39 is 0 Å². The molecule has 2 heterocycles. The molecule has 102 valence electrons. The minimum atomic E-state index is -0.302. The summed E-state index contributed by atoms with van der Waals surface area (Å²) in [6.07, 6.45) is 3.80. The summed E-state index contributed by atoms with van der Waals surface area (Å²) in [5, 5.41) is 0. The standard InChI is InChI=1S/C15H20N2O2/c18-15(14-9-10-16-19-14)17-11-5-4-8-13(17)12-6-2-1-3-7-12/h1-3,6-7,13-14,16H,4-5,8-11H2. The van der Waals surface area contributed by atoms with Crippen molar-refractivity contribution in [2.75, 3.05) is 13.1 Å². The van der Waals surface area contributed by atoms with Crippen LogP contribution in [0.15, 0.2) is 30.3 Å². The summed E-state index contributed by atoms with van der Waals surface area (Å²) < 4.78 is 0. The normalized spacial score (nSPS) is 27.5. The maximum Gasteiger partial charge on any atom is 0.254 e. The van der Waals surface area contributed by atoms with E-state index >= 15 is 0 Å². The van der Waals surface area contributed by atoms with Gasteiger partial charge in [-0.25, -0.2) is 5.48 Å². The molecule has 2 aliphatic heterocycles. The Labute approximate surface area is 113 Å². The van der Waals surface area contributed by atoms with Crippen LogP contribution in [0.4, 0.5) is 0 Å². The van der Waals surface area contributed by atoms with Gasteiger partial charge in [0.05, 0.1) is 6.04 Å². The highest BCUT2D eigenvalue weighted by Crippen LogP contribution is 2.31. The second-order valence-corrected chi connectivity index (χ2v) is 5.24. The summed E-state index contributed by atoms with van der Waals surface area (Å²) in [7, 11) is 0. The van der Waals surface area contributed by atoms with E-state index in [1.165, 1.54) is 12.0 Å². The molecule has 2 unspecified atom stereocenters. The molecule has 2 fully saturated rings. The van der Waals surface area contributed by atoms with Crippen LogP contribution >= 0.6 is 0 Å². The van der Waals surface area contributed by atoms with Crippen molar-refractivity contribution in [3.05, 3.63) is 35.9 Å². The zero-order valence-electron chi connectivity index (χ0n) is 11.0. The van der Waals surface area contributed by atoms with E-state index in [1.807, 2.05) is 23.1 Å². The zero-order valence-corrected chi connectivity index (χ0v) is 11.0. The first kappa shape index (κ1) is 12.6. The maximum absolute atomic E-state index is 12.5. The SMILES string of the molecule is O=C(C1CCNO1)N1CCCCC1c1ccccc1. The van der Waals surface area contributed by atoms with Gasteiger partial charge in [0.15, 0.2) is 6.10 Å². The summed E-state index contributed by atoms with van der Waals surface area (Å²) in [4.78, 5) is 19.9. The number of amides is 1. The largest absolute Gasteiger partial charge is 0.333 e. The molecule has 2 atom stereocenters. The van der Waals surface area contributed by atoms with Gasteiger partial charge in [-0.15, -0.1) is 0 Å². The molecule has 4 heteroatoms. The minimum Gasteiger partial charge on any atom is -0.333 e. The first-order valence-electron chi connectivity index (χ1n) is 7.10. The fraction of sp³-hybridized carbons (Fsp3) is 0.533. The van der Waals surface area contributed by atoms with Gasteiger partial charge in [-0.1, -0.05) is 30.3 Å². The fourth-order valence-corrected chi connectivity index (χ4v) is 2.98. The molecule has 0 aliphatic carbocycles. The van der Waals surface area contributed by atoms with Crippen LogP contribution in [0.2, 0.25) is 0 Å². The topological polar surface area (TPSA) is 41.6 Å². The lowest BCUT2D eigenvalue weighted by atomic mass is 9.94. The van der Waals surface area contributed by atoms with Gasteiger partial charge in [0.1, 0.15) is 0 Å². The van der Waals surface area contributed by atoms with E-state index in [0.717, 1.165) is 32.4 Å². The molecule has 1 aromatic rings. The predicted molar refractivity (Wildman–Crippen MR) is 72.2 cm³/mol. The van der Waals surface area contributed by atoms with Crippen molar-refractivity contribution in [1.82, 2.24) is 10.4 Å². The quantitative estimate of drug-likeness (QED) is 0.884. The third-order valence-corrected chi connectivity index (χ3v) is 3.98. The van der Waals surface area contributed by atoms with Crippen molar-refractivity contribution in [1.29, 1.82) is 0 Å². The van der Waals surface area contributed by atoms with Crippen LogP contribution < -0.4 is 5.48 Å². The number of nitrogens with one attached hydrogen (secondary N) is 1. The number of hydrogen-bond acceptors (Lipinski definition) is 3. The first-order chi connectivity index (χ1) is 9.36. The number of piperidine rings is 1. The van der Waals surface area contributed by atoms with E-state index in [0.29, 0.717) is 0 Å².